The number of fused-ring (bicyclic) bond motifs is 1. The summed E-state index contributed by atoms with van der Waals surface area (Å²) < 4.78 is 43.1. The van der Waals surface area contributed by atoms with Crippen LogP contribution in [0.3, 0.4) is 0 Å². The summed E-state index contributed by atoms with van der Waals surface area (Å²) in [4.78, 5) is 70.3. The Balaban J connectivity index is 0.991. The average molecular weight is 699 g/mol. The van der Waals surface area contributed by atoms with Gasteiger partial charge in [-0.05, 0) is 56.7 Å². The van der Waals surface area contributed by atoms with Crippen LogP contribution in [0.2, 0.25) is 0 Å². The van der Waals surface area contributed by atoms with E-state index in [1.165, 1.54) is 40.2 Å². The van der Waals surface area contributed by atoms with Crippen LogP contribution < -0.4 is 15.5 Å². The Bertz CT molecular complexity index is 2170. The highest BCUT2D eigenvalue weighted by Crippen LogP contribution is 2.35. The van der Waals surface area contributed by atoms with Gasteiger partial charge < -0.3 is 14.8 Å². The number of carbonyl (C=O) groups is 5. The predicted octanol–water partition coefficient (Wildman–Crippen LogP) is 3.35. The van der Waals surface area contributed by atoms with Crippen LogP contribution in [0.5, 0.6) is 0 Å². The first-order valence-electron chi connectivity index (χ1n) is 15.9. The van der Waals surface area contributed by atoms with E-state index in [4.69, 9.17) is 0 Å². The Hall–Kier alpha value is -6.24. The average Bonchev–Trinajstić information content (AvgIpc) is 3.82. The van der Waals surface area contributed by atoms with E-state index in [0.717, 1.165) is 22.7 Å². The number of imidazole rings is 1. The summed E-state index contributed by atoms with van der Waals surface area (Å²) in [7, 11) is 0. The fraction of sp³-hybridized carbons (Fsp3) is 0.286. The molecule has 4 aromatic rings. The van der Waals surface area contributed by atoms with Crippen molar-refractivity contribution in [3.8, 4) is 17.5 Å². The Morgan fingerprint density at radius 1 is 1.02 bits per heavy atom. The van der Waals surface area contributed by atoms with Gasteiger partial charge in [0.05, 0.1) is 52.1 Å². The van der Waals surface area contributed by atoms with Crippen LogP contribution in [0.15, 0.2) is 67.5 Å². The highest BCUT2D eigenvalue weighted by molar-refractivity contribution is 6.23. The first-order valence-corrected chi connectivity index (χ1v) is 15.9. The van der Waals surface area contributed by atoms with E-state index in [1.807, 2.05) is 4.90 Å². The summed E-state index contributed by atoms with van der Waals surface area (Å²) in [6.07, 6.45) is 2.91. The molecule has 260 valence electrons. The smallest absolute Gasteiger partial charge is 0.369 e. The third kappa shape index (κ3) is 6.11. The van der Waals surface area contributed by atoms with Gasteiger partial charge in [-0.15, -0.1) is 0 Å². The van der Waals surface area contributed by atoms with E-state index in [9.17, 15) is 37.1 Å². The number of benzene rings is 2. The summed E-state index contributed by atoms with van der Waals surface area (Å²) in [6, 6.07) is 6.94. The molecule has 5 heterocycles. The monoisotopic (exact) mass is 698 g/mol. The molecule has 0 aliphatic carbocycles. The van der Waals surface area contributed by atoms with E-state index in [0.29, 0.717) is 18.7 Å². The zero-order valence-electron chi connectivity index (χ0n) is 27.2. The normalized spacial score (nSPS) is 17.9. The second-order valence-corrected chi connectivity index (χ2v) is 12.9. The van der Waals surface area contributed by atoms with Crippen LogP contribution in [-0.4, -0.2) is 72.9 Å². The Morgan fingerprint density at radius 2 is 1.78 bits per heavy atom. The summed E-state index contributed by atoms with van der Waals surface area (Å²) in [5, 5.41) is 9.23. The third-order valence-electron chi connectivity index (χ3n) is 9.16. The van der Waals surface area contributed by atoms with Crippen molar-refractivity contribution in [2.45, 2.75) is 44.4 Å². The number of amides is 5. The summed E-state index contributed by atoms with van der Waals surface area (Å²) in [6.45, 7) is 4.35. The molecule has 0 bridgehead atoms. The van der Waals surface area contributed by atoms with Crippen LogP contribution in [-0.2, 0) is 26.1 Å². The predicted molar refractivity (Wildman–Crippen MR) is 174 cm³/mol. The number of nitrogens with zero attached hydrogens (tertiary/aromatic N) is 6. The maximum absolute atomic E-state index is 13.4. The third-order valence-corrected chi connectivity index (χ3v) is 9.16. The van der Waals surface area contributed by atoms with Gasteiger partial charge >= 0.3 is 6.18 Å². The number of anilines is 2. The van der Waals surface area contributed by atoms with Crippen molar-refractivity contribution in [2.24, 2.45) is 5.92 Å². The zero-order chi connectivity index (χ0) is 36.2. The van der Waals surface area contributed by atoms with E-state index >= 15 is 0 Å². The number of hydrogen-bond donors (Lipinski definition) is 2. The van der Waals surface area contributed by atoms with E-state index in [2.05, 4.69) is 32.6 Å². The van der Waals surface area contributed by atoms with Gasteiger partial charge in [0.1, 0.15) is 11.6 Å². The standard InChI is InChI=1S/C35H29F3N8O5/c1-34(2,33(51)41-26-8-5-22(35(36,37)38)13-28(26)43-12-11-39-19-43)45-18-20(15-40-45)3-4-21-16-44(17-21)23-6-7-24-25(14-23)32(50)46(31(24)49)27-9-10-29(47)42-30(27)48/h5-8,11-15,18-19,21,27H,9-10,16-17H2,1-2H3,(H,41,51)(H,42,47,48). The quantitative estimate of drug-likeness (QED) is 0.230. The SMILES string of the molecule is CC(C)(C(=O)Nc1ccc(C(F)(F)F)cc1-n1ccnc1)n1cc(C#CC2CN(c3ccc4c(c3)C(=O)N(C3CCC(=O)NC3=O)C4=O)C2)cn1. The van der Waals surface area contributed by atoms with Crippen molar-refractivity contribution in [1.82, 2.24) is 29.5 Å². The highest BCUT2D eigenvalue weighted by Gasteiger charge is 2.45. The fourth-order valence-corrected chi connectivity index (χ4v) is 6.12. The van der Waals surface area contributed by atoms with Gasteiger partial charge in [-0.25, -0.2) is 4.98 Å². The lowest BCUT2D eigenvalue weighted by molar-refractivity contribution is -0.138. The lowest BCUT2D eigenvalue weighted by atomic mass is 9.98. The molecule has 2 N–H and O–H groups in total. The van der Waals surface area contributed by atoms with Crippen molar-refractivity contribution in [3.63, 3.8) is 0 Å². The summed E-state index contributed by atoms with van der Waals surface area (Å²) in [5.41, 5.74) is -0.174. The molecule has 3 aliphatic rings. The molecule has 16 heteroatoms. The van der Waals surface area contributed by atoms with Gasteiger partial charge in [-0.2, -0.15) is 18.3 Å². The van der Waals surface area contributed by atoms with Crippen molar-refractivity contribution in [1.29, 1.82) is 0 Å². The number of aromatic nitrogens is 4. The molecule has 2 fully saturated rings. The minimum Gasteiger partial charge on any atom is -0.369 e. The topological polar surface area (TPSA) is 152 Å². The molecule has 1 atom stereocenters. The molecule has 0 radical (unpaired) electrons. The maximum atomic E-state index is 13.4. The molecule has 51 heavy (non-hydrogen) atoms. The molecule has 1 unspecified atom stereocenters. The van der Waals surface area contributed by atoms with Gasteiger partial charge in [0.15, 0.2) is 0 Å². The second kappa shape index (κ2) is 12.3. The van der Waals surface area contributed by atoms with Crippen molar-refractivity contribution < 1.29 is 37.1 Å². The first-order chi connectivity index (χ1) is 24.2. The number of hydrogen-bond acceptors (Lipinski definition) is 8. The van der Waals surface area contributed by atoms with Crippen LogP contribution in [0.4, 0.5) is 24.5 Å². The lowest BCUT2D eigenvalue weighted by Crippen LogP contribution is -2.54. The minimum atomic E-state index is -4.57. The molecular formula is C35H29F3N8O5. The molecule has 2 aromatic carbocycles. The van der Waals surface area contributed by atoms with Crippen molar-refractivity contribution >= 4 is 40.9 Å². The molecule has 0 saturated carbocycles. The summed E-state index contributed by atoms with van der Waals surface area (Å²) in [5.74, 6) is 3.48. The largest absolute Gasteiger partial charge is 0.416 e. The van der Waals surface area contributed by atoms with E-state index < -0.39 is 52.9 Å². The van der Waals surface area contributed by atoms with Gasteiger partial charge in [0, 0.05) is 43.8 Å². The number of piperidine rings is 1. The van der Waals surface area contributed by atoms with E-state index in [1.54, 1.807) is 38.2 Å². The number of rotatable bonds is 6. The van der Waals surface area contributed by atoms with Crippen molar-refractivity contribution in [2.75, 3.05) is 23.3 Å². The molecule has 2 saturated heterocycles. The zero-order valence-corrected chi connectivity index (χ0v) is 27.2. The molecule has 0 spiro atoms. The highest BCUT2D eigenvalue weighted by atomic mass is 19.4. The summed E-state index contributed by atoms with van der Waals surface area (Å²) >= 11 is 0. The van der Waals surface area contributed by atoms with Gasteiger partial charge in [-0.3, -0.25) is 38.9 Å². The van der Waals surface area contributed by atoms with Crippen LogP contribution in [0.1, 0.15) is 58.5 Å². The number of imide groups is 2. The van der Waals surface area contributed by atoms with Crippen LogP contribution in [0.25, 0.3) is 5.69 Å². The fourth-order valence-electron chi connectivity index (χ4n) is 6.12. The van der Waals surface area contributed by atoms with E-state index in [-0.39, 0.29) is 41.3 Å². The van der Waals surface area contributed by atoms with Crippen LogP contribution >= 0.6 is 0 Å². The van der Waals surface area contributed by atoms with Gasteiger partial charge in [-0.1, -0.05) is 11.8 Å². The molecule has 7 rings (SSSR count). The molecule has 2 aromatic heterocycles. The van der Waals surface area contributed by atoms with Crippen molar-refractivity contribution in [3.05, 3.63) is 89.8 Å². The number of carbonyl (C=O) groups excluding carboxylic acids is 5. The lowest BCUT2D eigenvalue weighted by Gasteiger charge is -2.38. The number of nitrogens with one attached hydrogen (secondary N) is 2. The number of halogens is 3. The Kier molecular flexibility index (Phi) is 8.00. The van der Waals surface area contributed by atoms with Gasteiger partial charge in [0.25, 0.3) is 17.7 Å². The Morgan fingerprint density at radius 3 is 2.49 bits per heavy atom. The molecule has 5 amide bonds. The first kappa shape index (κ1) is 33.3. The number of alkyl halides is 3. The maximum Gasteiger partial charge on any atom is 0.416 e. The molecule has 13 nitrogen and oxygen atoms in total. The van der Waals surface area contributed by atoms with Gasteiger partial charge in [0.2, 0.25) is 11.8 Å². The molecule has 3 aliphatic heterocycles. The second-order valence-electron chi connectivity index (χ2n) is 12.9. The molecular weight excluding hydrogens is 669 g/mol. The Labute approximate surface area is 288 Å². The van der Waals surface area contributed by atoms with Crippen LogP contribution in [0, 0.1) is 17.8 Å². The minimum absolute atomic E-state index is 0.0171.